The smallest absolute Gasteiger partial charge is 0.0611 e. The van der Waals surface area contributed by atoms with Crippen LogP contribution >= 0.6 is 0 Å². The third-order valence-corrected chi connectivity index (χ3v) is 5.42. The highest BCUT2D eigenvalue weighted by molar-refractivity contribution is 4.96. The molecule has 0 aromatic carbocycles. The number of hydrogen-bond acceptors (Lipinski definition) is 2. The van der Waals surface area contributed by atoms with Crippen LogP contribution in [0.25, 0.3) is 0 Å². The van der Waals surface area contributed by atoms with E-state index >= 15 is 0 Å². The summed E-state index contributed by atoms with van der Waals surface area (Å²) in [5, 5.41) is 0. The minimum atomic E-state index is 0.327. The van der Waals surface area contributed by atoms with Gasteiger partial charge < -0.3 is 9.47 Å². The molecule has 0 spiro atoms. The fourth-order valence-corrected chi connectivity index (χ4v) is 3.62. The zero-order valence-corrected chi connectivity index (χ0v) is 17.9. The van der Waals surface area contributed by atoms with E-state index in [-0.39, 0.29) is 0 Å². The molecule has 154 valence electrons. The van der Waals surface area contributed by atoms with Crippen molar-refractivity contribution >= 4 is 0 Å². The van der Waals surface area contributed by atoms with Crippen molar-refractivity contribution in [1.82, 2.24) is 0 Å². The summed E-state index contributed by atoms with van der Waals surface area (Å²) < 4.78 is 12.0. The standard InChI is InChI=1S/C24H46O2/c1-3-5-7-9-11-13-15-21-25-23-17-19-24(20-18-23)26-22-16-14-12-10-8-6-4-2/h17,20,23-24H,3-16,18-19,21-22H2,1-2H3. The summed E-state index contributed by atoms with van der Waals surface area (Å²) in [6.07, 6.45) is 26.3. The maximum absolute atomic E-state index is 6.01. The molecule has 1 saturated carbocycles. The number of ether oxygens (including phenoxy) is 2. The van der Waals surface area contributed by atoms with Crippen LogP contribution in [0, 0.1) is 12.8 Å². The topological polar surface area (TPSA) is 18.5 Å². The van der Waals surface area contributed by atoms with Gasteiger partial charge in [0, 0.05) is 13.2 Å². The molecular weight excluding hydrogens is 320 g/mol. The Labute approximate surface area is 164 Å². The largest absolute Gasteiger partial charge is 0.378 e. The lowest BCUT2D eigenvalue weighted by molar-refractivity contribution is 0.0183. The van der Waals surface area contributed by atoms with Crippen LogP contribution in [0.4, 0.5) is 0 Å². The first-order valence-corrected chi connectivity index (χ1v) is 11.8. The molecule has 2 unspecified atom stereocenters. The second-order valence-electron chi connectivity index (χ2n) is 8.00. The van der Waals surface area contributed by atoms with Crippen LogP contribution < -0.4 is 0 Å². The van der Waals surface area contributed by atoms with E-state index in [1.165, 1.54) is 89.9 Å². The molecule has 1 aliphatic rings. The molecule has 0 saturated heterocycles. The Balaban J connectivity index is 1.83. The van der Waals surface area contributed by atoms with E-state index in [0.29, 0.717) is 12.2 Å². The van der Waals surface area contributed by atoms with Gasteiger partial charge in [-0.05, 0) is 38.5 Å². The van der Waals surface area contributed by atoms with Crippen molar-refractivity contribution in [2.45, 2.75) is 129 Å². The minimum Gasteiger partial charge on any atom is -0.378 e. The first kappa shape index (κ1) is 24.0. The van der Waals surface area contributed by atoms with Crippen molar-refractivity contribution in [2.75, 3.05) is 13.2 Å². The molecule has 2 heteroatoms. The fourth-order valence-electron chi connectivity index (χ4n) is 3.62. The second kappa shape index (κ2) is 18.3. The van der Waals surface area contributed by atoms with Gasteiger partial charge in [0.15, 0.2) is 0 Å². The molecular formula is C24H46O2. The molecule has 0 aromatic heterocycles. The molecule has 1 fully saturated rings. The summed E-state index contributed by atoms with van der Waals surface area (Å²) in [5.74, 6) is 0. The molecule has 0 heterocycles. The molecule has 0 aromatic rings. The lowest BCUT2D eigenvalue weighted by Gasteiger charge is -2.28. The van der Waals surface area contributed by atoms with E-state index in [2.05, 4.69) is 26.7 Å². The molecule has 1 rings (SSSR count). The van der Waals surface area contributed by atoms with E-state index in [1.807, 2.05) is 0 Å². The van der Waals surface area contributed by atoms with E-state index in [1.54, 1.807) is 0 Å². The van der Waals surface area contributed by atoms with E-state index in [9.17, 15) is 0 Å². The number of hydrogen-bond donors (Lipinski definition) is 0. The SMILES string of the molecule is CCCCCCCCCOC1[CH]CC(OCCCCCCCCC)[CH]C1. The van der Waals surface area contributed by atoms with Gasteiger partial charge in [0.25, 0.3) is 0 Å². The van der Waals surface area contributed by atoms with Crippen molar-refractivity contribution in [3.05, 3.63) is 12.8 Å². The molecule has 26 heavy (non-hydrogen) atoms. The second-order valence-corrected chi connectivity index (χ2v) is 8.00. The Kier molecular flexibility index (Phi) is 16.9. The molecule has 2 atom stereocenters. The van der Waals surface area contributed by atoms with Gasteiger partial charge in [0.1, 0.15) is 0 Å². The maximum Gasteiger partial charge on any atom is 0.0611 e. The van der Waals surface area contributed by atoms with Crippen LogP contribution in [0.5, 0.6) is 0 Å². The monoisotopic (exact) mass is 366 g/mol. The summed E-state index contributed by atoms with van der Waals surface area (Å²) in [6, 6.07) is 0. The summed E-state index contributed by atoms with van der Waals surface area (Å²) in [6.45, 7) is 6.39. The van der Waals surface area contributed by atoms with E-state index < -0.39 is 0 Å². The van der Waals surface area contributed by atoms with Crippen LogP contribution in [-0.2, 0) is 9.47 Å². The average molecular weight is 367 g/mol. The van der Waals surface area contributed by atoms with E-state index in [0.717, 1.165) is 26.1 Å². The average Bonchev–Trinajstić information content (AvgIpc) is 2.67. The van der Waals surface area contributed by atoms with E-state index in [4.69, 9.17) is 9.47 Å². The maximum atomic E-state index is 6.01. The molecule has 2 nitrogen and oxygen atoms in total. The molecule has 0 bridgehead atoms. The Morgan fingerprint density at radius 1 is 0.538 bits per heavy atom. The van der Waals surface area contributed by atoms with Crippen LogP contribution in [0.2, 0.25) is 0 Å². The molecule has 2 radical (unpaired) electrons. The van der Waals surface area contributed by atoms with Gasteiger partial charge in [-0.3, -0.25) is 0 Å². The van der Waals surface area contributed by atoms with Crippen LogP contribution in [-0.4, -0.2) is 25.4 Å². The van der Waals surface area contributed by atoms with Crippen molar-refractivity contribution < 1.29 is 9.47 Å². The minimum absolute atomic E-state index is 0.327. The normalized spacial score (nSPS) is 20.5. The van der Waals surface area contributed by atoms with Gasteiger partial charge >= 0.3 is 0 Å². The van der Waals surface area contributed by atoms with Gasteiger partial charge in [-0.1, -0.05) is 90.9 Å². The lowest BCUT2D eigenvalue weighted by atomic mass is 9.95. The molecule has 0 amide bonds. The summed E-state index contributed by atoms with van der Waals surface area (Å²) in [5.41, 5.74) is 0. The van der Waals surface area contributed by atoms with Crippen molar-refractivity contribution in [3.63, 3.8) is 0 Å². The Morgan fingerprint density at radius 2 is 0.885 bits per heavy atom. The molecule has 0 aliphatic heterocycles. The number of rotatable bonds is 18. The zero-order valence-electron chi connectivity index (χ0n) is 17.9. The van der Waals surface area contributed by atoms with Crippen LogP contribution in [0.3, 0.4) is 0 Å². The first-order chi connectivity index (χ1) is 12.9. The molecule has 1 aliphatic carbocycles. The highest BCUT2D eigenvalue weighted by atomic mass is 16.5. The fraction of sp³-hybridized carbons (Fsp3) is 0.917. The highest BCUT2D eigenvalue weighted by Gasteiger charge is 2.22. The van der Waals surface area contributed by atoms with Crippen molar-refractivity contribution in [2.24, 2.45) is 0 Å². The third-order valence-electron chi connectivity index (χ3n) is 5.42. The predicted octanol–water partition coefficient (Wildman–Crippen LogP) is 7.46. The van der Waals surface area contributed by atoms with Crippen LogP contribution in [0.15, 0.2) is 0 Å². The number of unbranched alkanes of at least 4 members (excludes halogenated alkanes) is 12. The Morgan fingerprint density at radius 3 is 1.23 bits per heavy atom. The van der Waals surface area contributed by atoms with Crippen molar-refractivity contribution in [3.8, 4) is 0 Å². The van der Waals surface area contributed by atoms with Gasteiger partial charge in [0.05, 0.1) is 12.2 Å². The van der Waals surface area contributed by atoms with Gasteiger partial charge in [0.2, 0.25) is 0 Å². The lowest BCUT2D eigenvalue weighted by Crippen LogP contribution is -2.28. The summed E-state index contributed by atoms with van der Waals surface area (Å²) in [7, 11) is 0. The summed E-state index contributed by atoms with van der Waals surface area (Å²) >= 11 is 0. The van der Waals surface area contributed by atoms with Crippen LogP contribution in [0.1, 0.15) is 117 Å². The van der Waals surface area contributed by atoms with Gasteiger partial charge in [-0.25, -0.2) is 0 Å². The third kappa shape index (κ3) is 14.0. The molecule has 0 N–H and O–H groups in total. The van der Waals surface area contributed by atoms with Gasteiger partial charge in [-0.2, -0.15) is 0 Å². The quantitative estimate of drug-likeness (QED) is 0.234. The zero-order chi connectivity index (χ0) is 18.7. The Bertz CT molecular complexity index is 243. The first-order valence-electron chi connectivity index (χ1n) is 11.8. The van der Waals surface area contributed by atoms with Crippen molar-refractivity contribution in [1.29, 1.82) is 0 Å². The Hall–Kier alpha value is -0.0800. The van der Waals surface area contributed by atoms with Gasteiger partial charge in [-0.15, -0.1) is 0 Å². The summed E-state index contributed by atoms with van der Waals surface area (Å²) in [4.78, 5) is 0. The highest BCUT2D eigenvalue weighted by Crippen LogP contribution is 2.22. The predicted molar refractivity (Wildman–Crippen MR) is 113 cm³/mol.